The van der Waals surface area contributed by atoms with Gasteiger partial charge < -0.3 is 9.88 Å². The SMILES string of the molecule is O=C1Cc2c(F)ccc(F)c2C12CCN(c1cc3c(c(=O)[nH]1)CCCC3)CC2. The number of nitrogens with zero attached hydrogens (tertiary/aromatic N) is 1. The first-order chi connectivity index (χ1) is 13.5. The molecule has 5 rings (SSSR count). The van der Waals surface area contributed by atoms with Crippen LogP contribution in [0.3, 0.4) is 0 Å². The number of rotatable bonds is 1. The quantitative estimate of drug-likeness (QED) is 0.822. The summed E-state index contributed by atoms with van der Waals surface area (Å²) in [4.78, 5) is 30.3. The van der Waals surface area contributed by atoms with Gasteiger partial charge in [0, 0.05) is 36.2 Å². The number of nitrogens with one attached hydrogen (secondary N) is 1. The number of H-pyrrole nitrogens is 1. The van der Waals surface area contributed by atoms with Gasteiger partial charge in [0.2, 0.25) is 0 Å². The highest BCUT2D eigenvalue weighted by molar-refractivity contribution is 5.97. The monoisotopic (exact) mass is 384 g/mol. The maximum absolute atomic E-state index is 14.6. The lowest BCUT2D eigenvalue weighted by atomic mass is 9.73. The fourth-order valence-corrected chi connectivity index (χ4v) is 5.32. The number of fused-ring (bicyclic) bond motifs is 3. The largest absolute Gasteiger partial charge is 0.358 e. The first kappa shape index (κ1) is 17.6. The molecule has 4 nitrogen and oxygen atoms in total. The molecule has 1 saturated heterocycles. The predicted molar refractivity (Wildman–Crippen MR) is 102 cm³/mol. The number of pyridine rings is 1. The molecule has 0 saturated carbocycles. The number of carbonyl (C=O) groups is 1. The van der Waals surface area contributed by atoms with E-state index in [9.17, 15) is 18.4 Å². The van der Waals surface area contributed by atoms with Crippen LogP contribution in [0.4, 0.5) is 14.6 Å². The number of aryl methyl sites for hydroxylation is 1. The van der Waals surface area contributed by atoms with Gasteiger partial charge in [-0.2, -0.15) is 0 Å². The molecule has 1 aromatic heterocycles. The smallest absolute Gasteiger partial charge is 0.252 e. The van der Waals surface area contributed by atoms with Crippen LogP contribution in [0.15, 0.2) is 23.0 Å². The number of carbonyl (C=O) groups excluding carboxylic acids is 1. The van der Waals surface area contributed by atoms with Gasteiger partial charge in [0.25, 0.3) is 5.56 Å². The van der Waals surface area contributed by atoms with E-state index in [4.69, 9.17) is 0 Å². The van der Waals surface area contributed by atoms with Crippen LogP contribution >= 0.6 is 0 Å². The van der Waals surface area contributed by atoms with Crippen LogP contribution in [0.5, 0.6) is 0 Å². The Bertz CT molecular complexity index is 1040. The van der Waals surface area contributed by atoms with Gasteiger partial charge in [-0.3, -0.25) is 9.59 Å². The average Bonchev–Trinajstić information content (AvgIpc) is 2.99. The fraction of sp³-hybridized carbons (Fsp3) is 0.455. The molecule has 1 spiro atoms. The Labute approximate surface area is 161 Å². The van der Waals surface area contributed by atoms with E-state index in [-0.39, 0.29) is 28.9 Å². The zero-order valence-electron chi connectivity index (χ0n) is 15.6. The second kappa shape index (κ2) is 6.26. The molecule has 1 N–H and O–H groups in total. The molecule has 0 unspecified atom stereocenters. The topological polar surface area (TPSA) is 53.2 Å². The predicted octanol–water partition coefficient (Wildman–Crippen LogP) is 3.20. The van der Waals surface area contributed by atoms with Gasteiger partial charge >= 0.3 is 0 Å². The summed E-state index contributed by atoms with van der Waals surface area (Å²) in [7, 11) is 0. The molecule has 2 aromatic rings. The van der Waals surface area contributed by atoms with Gasteiger partial charge in [0.05, 0.1) is 5.41 Å². The minimum absolute atomic E-state index is 0.0251. The number of hydrogen-bond acceptors (Lipinski definition) is 3. The highest BCUT2D eigenvalue weighted by Gasteiger charge is 2.50. The van der Waals surface area contributed by atoms with Crippen LogP contribution < -0.4 is 10.5 Å². The lowest BCUT2D eigenvalue weighted by molar-refractivity contribution is -0.123. The number of piperidine rings is 1. The van der Waals surface area contributed by atoms with E-state index in [0.717, 1.165) is 54.8 Å². The van der Waals surface area contributed by atoms with E-state index >= 15 is 0 Å². The number of benzene rings is 1. The summed E-state index contributed by atoms with van der Waals surface area (Å²) in [6, 6.07) is 4.29. The van der Waals surface area contributed by atoms with Crippen molar-refractivity contribution in [2.75, 3.05) is 18.0 Å². The highest BCUT2D eigenvalue weighted by atomic mass is 19.1. The van der Waals surface area contributed by atoms with Crippen molar-refractivity contribution in [3.05, 3.63) is 62.4 Å². The number of halogens is 2. The number of Topliss-reactive ketones (excluding diaryl/α,β-unsaturated/α-hetero) is 1. The van der Waals surface area contributed by atoms with Gasteiger partial charge in [-0.05, 0) is 62.3 Å². The summed E-state index contributed by atoms with van der Waals surface area (Å²) >= 11 is 0. The summed E-state index contributed by atoms with van der Waals surface area (Å²) in [6.45, 7) is 1.05. The van der Waals surface area contributed by atoms with E-state index in [1.807, 2.05) is 0 Å². The third-order valence-electron chi connectivity index (χ3n) is 6.85. The van der Waals surface area contributed by atoms with Crippen molar-refractivity contribution in [1.29, 1.82) is 0 Å². The van der Waals surface area contributed by atoms with Crippen LogP contribution in [0.1, 0.15) is 47.9 Å². The summed E-state index contributed by atoms with van der Waals surface area (Å²) in [5, 5.41) is 0. The normalized spacial score (nSPS) is 20.4. The molecule has 1 aliphatic heterocycles. The van der Waals surface area contributed by atoms with Crippen molar-refractivity contribution in [1.82, 2.24) is 4.98 Å². The Kier molecular flexibility index (Phi) is 3.93. The summed E-state index contributed by atoms with van der Waals surface area (Å²) in [6.07, 6.45) is 4.70. The van der Waals surface area contributed by atoms with E-state index in [1.54, 1.807) is 0 Å². The van der Waals surface area contributed by atoms with E-state index in [1.165, 1.54) is 0 Å². The molecule has 0 bridgehead atoms. The van der Waals surface area contributed by atoms with Crippen molar-refractivity contribution in [3.63, 3.8) is 0 Å². The number of hydrogen-bond donors (Lipinski definition) is 1. The van der Waals surface area contributed by atoms with Gasteiger partial charge in [-0.15, -0.1) is 0 Å². The van der Waals surface area contributed by atoms with Crippen LogP contribution in [0, 0.1) is 11.6 Å². The Balaban J connectivity index is 1.45. The summed E-state index contributed by atoms with van der Waals surface area (Å²) in [5.41, 5.74) is 1.52. The Morgan fingerprint density at radius 3 is 2.46 bits per heavy atom. The molecule has 0 atom stereocenters. The lowest BCUT2D eigenvalue weighted by Crippen LogP contribution is -2.46. The zero-order valence-corrected chi connectivity index (χ0v) is 15.6. The molecule has 0 amide bonds. The van der Waals surface area contributed by atoms with Gasteiger partial charge in [-0.1, -0.05) is 0 Å². The number of aromatic amines is 1. The van der Waals surface area contributed by atoms with E-state index in [2.05, 4.69) is 16.0 Å². The first-order valence-corrected chi connectivity index (χ1v) is 10.0. The summed E-state index contributed by atoms with van der Waals surface area (Å²) in [5.74, 6) is -0.308. The number of ketones is 1. The molecule has 3 aliphatic rings. The molecule has 0 radical (unpaired) electrons. The third kappa shape index (κ3) is 2.46. The zero-order chi connectivity index (χ0) is 19.5. The Morgan fingerprint density at radius 2 is 1.68 bits per heavy atom. The molecule has 1 aromatic carbocycles. The van der Waals surface area contributed by atoms with E-state index in [0.29, 0.717) is 25.9 Å². The molecule has 1 fully saturated rings. The first-order valence-electron chi connectivity index (χ1n) is 10.0. The minimum atomic E-state index is -0.938. The molecular formula is C22H22F2N2O2. The molecule has 2 heterocycles. The maximum atomic E-state index is 14.6. The number of anilines is 1. The van der Waals surface area contributed by atoms with Crippen LogP contribution in [0.2, 0.25) is 0 Å². The van der Waals surface area contributed by atoms with Crippen LogP contribution in [-0.4, -0.2) is 23.9 Å². The van der Waals surface area contributed by atoms with Crippen molar-refractivity contribution in [2.24, 2.45) is 0 Å². The average molecular weight is 384 g/mol. The third-order valence-corrected chi connectivity index (χ3v) is 6.85. The second-order valence-corrected chi connectivity index (χ2v) is 8.25. The molecule has 2 aliphatic carbocycles. The van der Waals surface area contributed by atoms with Crippen molar-refractivity contribution < 1.29 is 13.6 Å². The fourth-order valence-electron chi connectivity index (χ4n) is 5.32. The van der Waals surface area contributed by atoms with Gasteiger partial charge in [-0.25, -0.2) is 8.78 Å². The van der Waals surface area contributed by atoms with Crippen molar-refractivity contribution in [3.8, 4) is 0 Å². The van der Waals surface area contributed by atoms with Gasteiger partial charge in [0.1, 0.15) is 23.2 Å². The van der Waals surface area contributed by atoms with Crippen LogP contribution in [0.25, 0.3) is 0 Å². The number of aromatic nitrogens is 1. The minimum Gasteiger partial charge on any atom is -0.358 e. The van der Waals surface area contributed by atoms with E-state index < -0.39 is 17.0 Å². The Morgan fingerprint density at radius 1 is 0.964 bits per heavy atom. The summed E-state index contributed by atoms with van der Waals surface area (Å²) < 4.78 is 28.7. The highest BCUT2D eigenvalue weighted by Crippen LogP contribution is 2.46. The lowest BCUT2D eigenvalue weighted by Gasteiger charge is -2.40. The van der Waals surface area contributed by atoms with Crippen LogP contribution in [-0.2, 0) is 29.5 Å². The van der Waals surface area contributed by atoms with Crippen molar-refractivity contribution in [2.45, 2.75) is 50.4 Å². The van der Waals surface area contributed by atoms with Gasteiger partial charge in [0.15, 0.2) is 0 Å². The molecule has 28 heavy (non-hydrogen) atoms. The second-order valence-electron chi connectivity index (χ2n) is 8.25. The standard InChI is InChI=1S/C22H22F2N2O2/c23-16-5-6-17(24)20-15(16)12-18(27)22(20)7-9-26(10-8-22)19-11-13-3-1-2-4-14(13)21(28)25-19/h5-6,11H,1-4,7-10,12H2,(H,25,28). The van der Waals surface area contributed by atoms with Crippen molar-refractivity contribution >= 4 is 11.6 Å². The molecular weight excluding hydrogens is 362 g/mol. The molecule has 6 heteroatoms. The molecule has 146 valence electrons. The maximum Gasteiger partial charge on any atom is 0.252 e. The Hall–Kier alpha value is -2.50.